The standard InChI is InChI=1S/C9H15NO3.C2H6/c1-9(2,3)13-8(12)10-5-4-7(11)6-10;1-2/h4-6H2,1-3H3;1-2H3. The number of amides is 1. The first kappa shape index (κ1) is 13.9. The Bertz CT molecular complexity index is 230. The number of rotatable bonds is 0. The number of Topliss-reactive ketones (excluding diaryl/α,β-unsaturated/α-hetero) is 1. The maximum absolute atomic E-state index is 11.4. The molecule has 4 nitrogen and oxygen atoms in total. The van der Waals surface area contributed by atoms with E-state index in [1.54, 1.807) is 0 Å². The Balaban J connectivity index is 0.000000921. The lowest BCUT2D eigenvalue weighted by molar-refractivity contribution is -0.116. The van der Waals surface area contributed by atoms with Crippen LogP contribution in [0.5, 0.6) is 0 Å². The summed E-state index contributed by atoms with van der Waals surface area (Å²) in [5.74, 6) is 0.103. The number of carbonyl (C=O) groups excluding carboxylic acids is 2. The second-order valence-corrected chi connectivity index (χ2v) is 4.19. The largest absolute Gasteiger partial charge is 0.444 e. The molecule has 0 aromatic heterocycles. The topological polar surface area (TPSA) is 46.6 Å². The van der Waals surface area contributed by atoms with Crippen LogP contribution in [0.1, 0.15) is 41.0 Å². The smallest absolute Gasteiger partial charge is 0.410 e. The van der Waals surface area contributed by atoms with Gasteiger partial charge in [0.25, 0.3) is 0 Å². The van der Waals surface area contributed by atoms with E-state index in [0.29, 0.717) is 13.0 Å². The van der Waals surface area contributed by atoms with Crippen LogP contribution in [0.2, 0.25) is 0 Å². The normalized spacial score (nSPS) is 15.8. The Morgan fingerprint density at radius 2 is 1.87 bits per heavy atom. The van der Waals surface area contributed by atoms with Crippen LogP contribution in [0.15, 0.2) is 0 Å². The van der Waals surface area contributed by atoms with Crippen molar-refractivity contribution < 1.29 is 14.3 Å². The number of nitrogens with zero attached hydrogens (tertiary/aromatic N) is 1. The Kier molecular flexibility index (Phi) is 5.33. The number of likely N-dealkylation sites (tertiary alicyclic amines) is 1. The molecule has 0 bridgehead atoms. The Morgan fingerprint density at radius 3 is 2.20 bits per heavy atom. The van der Waals surface area contributed by atoms with Crippen LogP contribution >= 0.6 is 0 Å². The molecule has 1 amide bonds. The average Bonchev–Trinajstić information content (AvgIpc) is 2.52. The maximum Gasteiger partial charge on any atom is 0.410 e. The van der Waals surface area contributed by atoms with Crippen LogP contribution < -0.4 is 0 Å². The third-order valence-corrected chi connectivity index (χ3v) is 1.68. The maximum atomic E-state index is 11.4. The van der Waals surface area contributed by atoms with Crippen molar-refractivity contribution in [2.45, 2.75) is 46.6 Å². The molecule has 0 unspecified atom stereocenters. The SMILES string of the molecule is CC.CC(C)(C)OC(=O)N1CCC(=O)C1. The van der Waals surface area contributed by atoms with E-state index < -0.39 is 11.7 Å². The van der Waals surface area contributed by atoms with Crippen molar-refractivity contribution in [2.75, 3.05) is 13.1 Å². The third kappa shape index (κ3) is 5.40. The van der Waals surface area contributed by atoms with Gasteiger partial charge in [0.1, 0.15) is 5.60 Å². The first-order chi connectivity index (χ1) is 6.88. The van der Waals surface area contributed by atoms with Crippen LogP contribution in [0.3, 0.4) is 0 Å². The van der Waals surface area contributed by atoms with Gasteiger partial charge in [-0.15, -0.1) is 0 Å². The molecule has 88 valence electrons. The predicted molar refractivity (Wildman–Crippen MR) is 58.8 cm³/mol. The average molecular weight is 215 g/mol. The number of ketones is 1. The highest BCUT2D eigenvalue weighted by Crippen LogP contribution is 2.12. The van der Waals surface area contributed by atoms with Crippen molar-refractivity contribution in [3.8, 4) is 0 Å². The van der Waals surface area contributed by atoms with E-state index in [-0.39, 0.29) is 12.3 Å². The highest BCUT2D eigenvalue weighted by atomic mass is 16.6. The summed E-state index contributed by atoms with van der Waals surface area (Å²) in [6.07, 6.45) is 0.0672. The van der Waals surface area contributed by atoms with Gasteiger partial charge in [-0.3, -0.25) is 4.79 Å². The van der Waals surface area contributed by atoms with E-state index in [1.807, 2.05) is 34.6 Å². The Labute approximate surface area is 91.6 Å². The van der Waals surface area contributed by atoms with Gasteiger partial charge < -0.3 is 9.64 Å². The number of ether oxygens (including phenoxy) is 1. The van der Waals surface area contributed by atoms with E-state index in [0.717, 1.165) is 0 Å². The molecular formula is C11H21NO3. The summed E-state index contributed by atoms with van der Waals surface area (Å²) in [7, 11) is 0. The summed E-state index contributed by atoms with van der Waals surface area (Å²) >= 11 is 0. The third-order valence-electron chi connectivity index (χ3n) is 1.68. The van der Waals surface area contributed by atoms with Crippen molar-refractivity contribution in [1.82, 2.24) is 4.90 Å². The van der Waals surface area contributed by atoms with Gasteiger partial charge in [0.15, 0.2) is 5.78 Å². The van der Waals surface area contributed by atoms with E-state index in [2.05, 4.69) is 0 Å². The summed E-state index contributed by atoms with van der Waals surface area (Å²) in [6.45, 7) is 10.1. The van der Waals surface area contributed by atoms with Gasteiger partial charge in [-0.05, 0) is 20.8 Å². The Morgan fingerprint density at radius 1 is 1.33 bits per heavy atom. The molecule has 15 heavy (non-hydrogen) atoms. The highest BCUT2D eigenvalue weighted by Gasteiger charge is 2.27. The zero-order valence-corrected chi connectivity index (χ0v) is 10.3. The van der Waals surface area contributed by atoms with Gasteiger partial charge in [0.05, 0.1) is 6.54 Å². The van der Waals surface area contributed by atoms with Gasteiger partial charge >= 0.3 is 6.09 Å². The molecule has 0 atom stereocenters. The van der Waals surface area contributed by atoms with Gasteiger partial charge in [-0.25, -0.2) is 4.79 Å². The molecule has 1 fully saturated rings. The van der Waals surface area contributed by atoms with Crippen molar-refractivity contribution in [1.29, 1.82) is 0 Å². The molecule has 1 aliphatic rings. The first-order valence-corrected chi connectivity index (χ1v) is 5.38. The highest BCUT2D eigenvalue weighted by molar-refractivity contribution is 5.87. The van der Waals surface area contributed by atoms with Crippen molar-refractivity contribution in [3.05, 3.63) is 0 Å². The monoisotopic (exact) mass is 215 g/mol. The molecular weight excluding hydrogens is 194 g/mol. The molecule has 0 N–H and O–H groups in total. The van der Waals surface area contributed by atoms with E-state index >= 15 is 0 Å². The fourth-order valence-electron chi connectivity index (χ4n) is 1.11. The van der Waals surface area contributed by atoms with Crippen molar-refractivity contribution in [3.63, 3.8) is 0 Å². The van der Waals surface area contributed by atoms with E-state index in [1.165, 1.54) is 4.90 Å². The van der Waals surface area contributed by atoms with Gasteiger partial charge in [-0.1, -0.05) is 13.8 Å². The molecule has 4 heteroatoms. The molecule has 0 aromatic rings. The lowest BCUT2D eigenvalue weighted by atomic mass is 10.2. The lowest BCUT2D eigenvalue weighted by Crippen LogP contribution is -2.35. The molecule has 1 aliphatic heterocycles. The number of carbonyl (C=O) groups is 2. The van der Waals surface area contributed by atoms with Crippen LogP contribution in [-0.4, -0.2) is 35.5 Å². The van der Waals surface area contributed by atoms with Crippen molar-refractivity contribution >= 4 is 11.9 Å². The van der Waals surface area contributed by atoms with Crippen LogP contribution in [0, 0.1) is 0 Å². The van der Waals surface area contributed by atoms with Gasteiger partial charge in [-0.2, -0.15) is 0 Å². The van der Waals surface area contributed by atoms with Crippen molar-refractivity contribution in [2.24, 2.45) is 0 Å². The Hall–Kier alpha value is -1.06. The molecule has 0 radical (unpaired) electrons. The second kappa shape index (κ2) is 5.73. The summed E-state index contributed by atoms with van der Waals surface area (Å²) in [4.78, 5) is 23.7. The first-order valence-electron chi connectivity index (χ1n) is 5.38. The minimum atomic E-state index is -0.483. The quantitative estimate of drug-likeness (QED) is 0.622. The zero-order chi connectivity index (χ0) is 12.1. The minimum absolute atomic E-state index is 0.103. The molecule has 0 aliphatic carbocycles. The molecule has 0 aromatic carbocycles. The number of hydrogen-bond acceptors (Lipinski definition) is 3. The molecule has 0 spiro atoms. The summed E-state index contributed by atoms with van der Waals surface area (Å²) in [6, 6.07) is 0. The van der Waals surface area contributed by atoms with E-state index in [4.69, 9.17) is 4.74 Å². The molecule has 1 saturated heterocycles. The predicted octanol–water partition coefficient (Wildman–Crippen LogP) is 2.22. The summed E-state index contributed by atoms with van der Waals surface area (Å²) in [5, 5.41) is 0. The van der Waals surface area contributed by atoms with Crippen LogP contribution in [0.4, 0.5) is 4.79 Å². The fraction of sp³-hybridized carbons (Fsp3) is 0.818. The number of hydrogen-bond donors (Lipinski definition) is 0. The fourth-order valence-corrected chi connectivity index (χ4v) is 1.11. The van der Waals surface area contributed by atoms with Gasteiger partial charge in [0, 0.05) is 13.0 Å². The van der Waals surface area contributed by atoms with E-state index in [9.17, 15) is 9.59 Å². The molecule has 1 heterocycles. The molecule has 1 rings (SSSR count). The lowest BCUT2D eigenvalue weighted by Gasteiger charge is -2.23. The minimum Gasteiger partial charge on any atom is -0.444 e. The van der Waals surface area contributed by atoms with Crippen LogP contribution in [-0.2, 0) is 9.53 Å². The van der Waals surface area contributed by atoms with Crippen LogP contribution in [0.25, 0.3) is 0 Å². The summed E-state index contributed by atoms with van der Waals surface area (Å²) in [5.41, 5.74) is -0.483. The summed E-state index contributed by atoms with van der Waals surface area (Å²) < 4.78 is 5.10. The molecule has 0 saturated carbocycles. The van der Waals surface area contributed by atoms with Gasteiger partial charge in [0.2, 0.25) is 0 Å². The second-order valence-electron chi connectivity index (χ2n) is 4.19. The zero-order valence-electron chi connectivity index (χ0n) is 10.3.